The minimum atomic E-state index is -0.444. The smallest absolute Gasteiger partial charge is 0.295 e. The van der Waals surface area contributed by atoms with Crippen LogP contribution in [-0.2, 0) is 0 Å². The van der Waals surface area contributed by atoms with Crippen LogP contribution in [0.1, 0.15) is 48.2 Å². The van der Waals surface area contributed by atoms with Gasteiger partial charge >= 0.3 is 0 Å². The number of carbonyl (C=O) groups is 1. The molecule has 0 saturated carbocycles. The fourth-order valence-corrected chi connectivity index (χ4v) is 2.64. The molecule has 2 fully saturated rings. The Labute approximate surface area is 111 Å². The van der Waals surface area contributed by atoms with Crippen LogP contribution >= 0.6 is 0 Å². The molecule has 1 amide bonds. The first kappa shape index (κ1) is 12.6. The van der Waals surface area contributed by atoms with Gasteiger partial charge < -0.3 is 19.8 Å². The Bertz CT molecular complexity index is 456. The van der Waals surface area contributed by atoms with Gasteiger partial charge in [-0.25, -0.2) is 0 Å². The number of nitrogens with one attached hydrogen (secondary N) is 1. The first-order chi connectivity index (χ1) is 9.24. The number of aliphatic hydroxyl groups excluding tert-OH is 1. The molecule has 2 N–H and O–H groups in total. The number of amides is 1. The topological polar surface area (TPSA) is 91.5 Å². The molecule has 104 valence electrons. The second kappa shape index (κ2) is 5.26. The Morgan fingerprint density at radius 1 is 1.42 bits per heavy atom. The molecule has 0 aromatic carbocycles. The molecule has 0 aliphatic carbocycles. The quantitative estimate of drug-likeness (QED) is 0.788. The van der Waals surface area contributed by atoms with Crippen molar-refractivity contribution >= 4 is 5.91 Å². The van der Waals surface area contributed by atoms with Crippen molar-refractivity contribution in [2.24, 2.45) is 0 Å². The van der Waals surface area contributed by atoms with E-state index in [4.69, 9.17) is 4.52 Å². The summed E-state index contributed by atoms with van der Waals surface area (Å²) >= 11 is 0. The number of piperidine rings is 1. The Morgan fingerprint density at radius 3 is 3.05 bits per heavy atom. The summed E-state index contributed by atoms with van der Waals surface area (Å²) in [6.07, 6.45) is 3.14. The fourth-order valence-electron chi connectivity index (χ4n) is 2.64. The summed E-state index contributed by atoms with van der Waals surface area (Å²) in [5.74, 6) is 0.322. The van der Waals surface area contributed by atoms with Crippen molar-refractivity contribution in [3.63, 3.8) is 0 Å². The molecule has 19 heavy (non-hydrogen) atoms. The number of hydrogen-bond donors (Lipinski definition) is 2. The summed E-state index contributed by atoms with van der Waals surface area (Å²) in [6, 6.07) is 0.0704. The van der Waals surface area contributed by atoms with Gasteiger partial charge in [0.25, 0.3) is 11.7 Å². The molecule has 2 aliphatic rings. The second-order valence-electron chi connectivity index (χ2n) is 5.15. The molecule has 7 heteroatoms. The molecular weight excluding hydrogens is 248 g/mol. The molecule has 3 rings (SSSR count). The van der Waals surface area contributed by atoms with Crippen LogP contribution in [-0.4, -0.2) is 51.8 Å². The zero-order chi connectivity index (χ0) is 13.2. The third kappa shape index (κ3) is 2.62. The molecule has 0 radical (unpaired) electrons. The fraction of sp³-hybridized carbons (Fsp3) is 0.750. The summed E-state index contributed by atoms with van der Waals surface area (Å²) in [6.45, 7) is 1.93. The third-order valence-electron chi connectivity index (χ3n) is 3.68. The third-order valence-corrected chi connectivity index (χ3v) is 3.68. The molecule has 3 heterocycles. The van der Waals surface area contributed by atoms with Gasteiger partial charge in [-0.05, 0) is 32.2 Å². The van der Waals surface area contributed by atoms with Gasteiger partial charge in [-0.1, -0.05) is 5.16 Å². The number of β-amino-alcohol motifs (C(OH)–C–C–N with tert-alkyl or cyclic N) is 1. The molecule has 0 spiro atoms. The van der Waals surface area contributed by atoms with E-state index in [1.807, 2.05) is 0 Å². The largest absolute Gasteiger partial charge is 0.391 e. The average Bonchev–Trinajstić information content (AvgIpc) is 3.08. The van der Waals surface area contributed by atoms with Crippen LogP contribution in [0.15, 0.2) is 4.52 Å². The number of aromatic nitrogens is 2. The van der Waals surface area contributed by atoms with E-state index in [0.717, 1.165) is 32.2 Å². The molecular formula is C12H18N4O3. The van der Waals surface area contributed by atoms with Crippen LogP contribution in [0.2, 0.25) is 0 Å². The summed E-state index contributed by atoms with van der Waals surface area (Å²) in [4.78, 5) is 18.0. The lowest BCUT2D eigenvalue weighted by atomic mass is 10.1. The van der Waals surface area contributed by atoms with Crippen molar-refractivity contribution in [3.05, 3.63) is 11.7 Å². The minimum absolute atomic E-state index is 0.0704. The lowest BCUT2D eigenvalue weighted by Crippen LogP contribution is -2.42. The molecule has 1 aromatic heterocycles. The summed E-state index contributed by atoms with van der Waals surface area (Å²) < 4.78 is 5.15. The average molecular weight is 266 g/mol. The lowest BCUT2D eigenvalue weighted by Gasteiger charge is -2.28. The number of hydrogen-bond acceptors (Lipinski definition) is 6. The van der Waals surface area contributed by atoms with Crippen molar-refractivity contribution in [3.8, 4) is 0 Å². The van der Waals surface area contributed by atoms with Crippen molar-refractivity contribution in [2.45, 2.75) is 37.8 Å². The van der Waals surface area contributed by atoms with Gasteiger partial charge in [0.2, 0.25) is 5.89 Å². The first-order valence-corrected chi connectivity index (χ1v) is 6.78. The number of rotatable bonds is 2. The highest BCUT2D eigenvalue weighted by atomic mass is 16.5. The van der Waals surface area contributed by atoms with E-state index >= 15 is 0 Å². The van der Waals surface area contributed by atoms with E-state index in [1.54, 1.807) is 4.90 Å². The standard InChI is InChI=1S/C12H18N4O3/c17-8-3-2-6-16(7-8)12(18)10-14-11(19-15-10)9-4-1-5-13-9/h8-9,13,17H,1-7H2. The zero-order valence-electron chi connectivity index (χ0n) is 10.7. The highest BCUT2D eigenvalue weighted by Gasteiger charge is 2.28. The summed E-state index contributed by atoms with van der Waals surface area (Å²) in [5, 5.41) is 16.6. The van der Waals surface area contributed by atoms with Crippen LogP contribution in [0.5, 0.6) is 0 Å². The summed E-state index contributed by atoms with van der Waals surface area (Å²) in [5.41, 5.74) is 0. The molecule has 2 atom stereocenters. The van der Waals surface area contributed by atoms with Crippen LogP contribution in [0.4, 0.5) is 0 Å². The predicted octanol–water partition coefficient (Wildman–Crippen LogP) is 0.0910. The van der Waals surface area contributed by atoms with E-state index in [9.17, 15) is 9.90 Å². The maximum Gasteiger partial charge on any atom is 0.295 e. The SMILES string of the molecule is O=C(c1noc(C2CCCN2)n1)N1CCCC(O)C1. The van der Waals surface area contributed by atoms with Crippen molar-refractivity contribution in [1.82, 2.24) is 20.4 Å². The van der Waals surface area contributed by atoms with E-state index < -0.39 is 6.10 Å². The molecule has 7 nitrogen and oxygen atoms in total. The first-order valence-electron chi connectivity index (χ1n) is 6.78. The predicted molar refractivity (Wildman–Crippen MR) is 65.4 cm³/mol. The van der Waals surface area contributed by atoms with E-state index in [1.165, 1.54) is 0 Å². The summed E-state index contributed by atoms with van der Waals surface area (Å²) in [7, 11) is 0. The van der Waals surface area contributed by atoms with Crippen LogP contribution in [0, 0.1) is 0 Å². The van der Waals surface area contributed by atoms with Gasteiger partial charge in [0.15, 0.2) is 0 Å². The van der Waals surface area contributed by atoms with Gasteiger partial charge in [0, 0.05) is 13.1 Å². The van der Waals surface area contributed by atoms with Gasteiger partial charge in [0.1, 0.15) is 0 Å². The van der Waals surface area contributed by atoms with Crippen LogP contribution in [0.3, 0.4) is 0 Å². The van der Waals surface area contributed by atoms with Gasteiger partial charge in [-0.2, -0.15) is 4.98 Å². The molecule has 2 aliphatic heterocycles. The second-order valence-corrected chi connectivity index (χ2v) is 5.15. The number of aliphatic hydroxyl groups is 1. The zero-order valence-corrected chi connectivity index (χ0v) is 10.7. The van der Waals surface area contributed by atoms with Gasteiger partial charge in [-0.15, -0.1) is 0 Å². The number of nitrogens with zero attached hydrogens (tertiary/aromatic N) is 3. The Balaban J connectivity index is 1.69. The Hall–Kier alpha value is -1.47. The monoisotopic (exact) mass is 266 g/mol. The normalized spacial score (nSPS) is 27.7. The van der Waals surface area contributed by atoms with Crippen molar-refractivity contribution in [2.75, 3.05) is 19.6 Å². The van der Waals surface area contributed by atoms with Gasteiger partial charge in [-0.3, -0.25) is 4.79 Å². The highest BCUT2D eigenvalue weighted by Crippen LogP contribution is 2.21. The lowest BCUT2D eigenvalue weighted by molar-refractivity contribution is 0.0461. The molecule has 2 saturated heterocycles. The Kier molecular flexibility index (Phi) is 3.48. The van der Waals surface area contributed by atoms with Crippen molar-refractivity contribution < 1.29 is 14.4 Å². The molecule has 0 bridgehead atoms. The van der Waals surface area contributed by atoms with E-state index in [-0.39, 0.29) is 17.8 Å². The van der Waals surface area contributed by atoms with E-state index in [0.29, 0.717) is 19.0 Å². The van der Waals surface area contributed by atoms with Crippen LogP contribution in [0.25, 0.3) is 0 Å². The van der Waals surface area contributed by atoms with E-state index in [2.05, 4.69) is 15.5 Å². The number of carbonyl (C=O) groups excluding carboxylic acids is 1. The van der Waals surface area contributed by atoms with Crippen molar-refractivity contribution in [1.29, 1.82) is 0 Å². The number of likely N-dealkylation sites (tertiary alicyclic amines) is 1. The maximum atomic E-state index is 12.2. The Morgan fingerprint density at radius 2 is 2.32 bits per heavy atom. The maximum absolute atomic E-state index is 12.2. The minimum Gasteiger partial charge on any atom is -0.391 e. The van der Waals surface area contributed by atoms with Crippen LogP contribution < -0.4 is 5.32 Å². The highest BCUT2D eigenvalue weighted by molar-refractivity contribution is 5.90. The molecule has 2 unspecified atom stereocenters. The van der Waals surface area contributed by atoms with Gasteiger partial charge in [0.05, 0.1) is 12.1 Å². The molecule has 1 aromatic rings.